The molecule has 2 heterocycles. The van der Waals surface area contributed by atoms with Crippen molar-refractivity contribution in [3.8, 4) is 5.75 Å². The van der Waals surface area contributed by atoms with Gasteiger partial charge in [0.25, 0.3) is 5.91 Å². The molecule has 1 unspecified atom stereocenters. The first-order valence-corrected chi connectivity index (χ1v) is 7.96. The van der Waals surface area contributed by atoms with E-state index in [1.807, 2.05) is 42.3 Å². The predicted octanol–water partition coefficient (Wildman–Crippen LogP) is 2.54. The fourth-order valence-electron chi connectivity index (χ4n) is 2.93. The largest absolute Gasteiger partial charge is 0.489 e. The SMILES string of the molecule is CNCC1CCN(C(=O)c2occc2COc2ccccc2)C1. The average molecular weight is 314 g/mol. The number of likely N-dealkylation sites (tertiary alicyclic amines) is 1. The number of hydrogen-bond donors (Lipinski definition) is 1. The van der Waals surface area contributed by atoms with Crippen LogP contribution >= 0.6 is 0 Å². The molecule has 0 spiro atoms. The maximum absolute atomic E-state index is 12.6. The van der Waals surface area contributed by atoms with Crippen LogP contribution in [0.15, 0.2) is 47.1 Å². The summed E-state index contributed by atoms with van der Waals surface area (Å²) < 4.78 is 11.2. The molecule has 3 rings (SSSR count). The first-order valence-electron chi connectivity index (χ1n) is 7.96. The lowest BCUT2D eigenvalue weighted by Gasteiger charge is -2.16. The molecule has 23 heavy (non-hydrogen) atoms. The average Bonchev–Trinajstić information content (AvgIpc) is 3.23. The maximum atomic E-state index is 12.6. The summed E-state index contributed by atoms with van der Waals surface area (Å²) in [5.74, 6) is 1.65. The van der Waals surface area contributed by atoms with Gasteiger partial charge in [-0.1, -0.05) is 18.2 Å². The van der Waals surface area contributed by atoms with Crippen molar-refractivity contribution in [2.75, 3.05) is 26.7 Å². The van der Waals surface area contributed by atoms with Gasteiger partial charge in [0.2, 0.25) is 0 Å². The van der Waals surface area contributed by atoms with Crippen molar-refractivity contribution in [2.24, 2.45) is 5.92 Å². The maximum Gasteiger partial charge on any atom is 0.289 e. The van der Waals surface area contributed by atoms with Crippen molar-refractivity contribution in [3.63, 3.8) is 0 Å². The van der Waals surface area contributed by atoms with Crippen LogP contribution in [-0.2, 0) is 6.61 Å². The number of ether oxygens (including phenoxy) is 1. The van der Waals surface area contributed by atoms with Gasteiger partial charge < -0.3 is 19.4 Å². The Labute approximate surface area is 136 Å². The molecule has 0 radical (unpaired) electrons. The number of nitrogens with one attached hydrogen (secondary N) is 1. The van der Waals surface area contributed by atoms with Crippen LogP contribution in [0.25, 0.3) is 0 Å². The van der Waals surface area contributed by atoms with E-state index in [9.17, 15) is 4.79 Å². The summed E-state index contributed by atoms with van der Waals surface area (Å²) >= 11 is 0. The Kier molecular flexibility index (Phi) is 4.98. The summed E-state index contributed by atoms with van der Waals surface area (Å²) in [7, 11) is 1.94. The van der Waals surface area contributed by atoms with Crippen LogP contribution in [0.1, 0.15) is 22.5 Å². The molecule has 1 saturated heterocycles. The fourth-order valence-corrected chi connectivity index (χ4v) is 2.93. The lowest BCUT2D eigenvalue weighted by molar-refractivity contribution is 0.0752. The van der Waals surface area contributed by atoms with E-state index in [-0.39, 0.29) is 5.91 Å². The van der Waals surface area contributed by atoms with Crippen LogP contribution in [0, 0.1) is 5.92 Å². The minimum Gasteiger partial charge on any atom is -0.489 e. The number of furan rings is 1. The van der Waals surface area contributed by atoms with Crippen molar-refractivity contribution >= 4 is 5.91 Å². The van der Waals surface area contributed by atoms with E-state index < -0.39 is 0 Å². The quantitative estimate of drug-likeness (QED) is 0.890. The number of carbonyl (C=O) groups excluding carboxylic acids is 1. The predicted molar refractivity (Wildman–Crippen MR) is 87.4 cm³/mol. The van der Waals surface area contributed by atoms with Crippen LogP contribution in [-0.4, -0.2) is 37.5 Å². The van der Waals surface area contributed by atoms with Crippen LogP contribution < -0.4 is 10.1 Å². The second kappa shape index (κ2) is 7.33. The lowest BCUT2D eigenvalue weighted by atomic mass is 10.1. The third-order valence-corrected chi connectivity index (χ3v) is 4.14. The van der Waals surface area contributed by atoms with Gasteiger partial charge in [0.05, 0.1) is 6.26 Å². The molecular weight excluding hydrogens is 292 g/mol. The van der Waals surface area contributed by atoms with Gasteiger partial charge >= 0.3 is 0 Å². The fraction of sp³-hybridized carbons (Fsp3) is 0.389. The zero-order chi connectivity index (χ0) is 16.1. The highest BCUT2D eigenvalue weighted by Crippen LogP contribution is 2.22. The topological polar surface area (TPSA) is 54.7 Å². The zero-order valence-corrected chi connectivity index (χ0v) is 13.3. The summed E-state index contributed by atoms with van der Waals surface area (Å²) in [5.41, 5.74) is 0.788. The van der Waals surface area contributed by atoms with E-state index in [4.69, 9.17) is 9.15 Å². The van der Waals surface area contributed by atoms with Crippen LogP contribution in [0.2, 0.25) is 0 Å². The molecule has 0 bridgehead atoms. The minimum absolute atomic E-state index is 0.0414. The number of amides is 1. The highest BCUT2D eigenvalue weighted by Gasteiger charge is 2.29. The van der Waals surface area contributed by atoms with Gasteiger partial charge in [0.1, 0.15) is 12.4 Å². The normalized spacial score (nSPS) is 17.4. The third kappa shape index (κ3) is 3.74. The molecule has 1 fully saturated rings. The second-order valence-corrected chi connectivity index (χ2v) is 5.84. The number of benzene rings is 1. The van der Waals surface area contributed by atoms with E-state index in [2.05, 4.69) is 5.32 Å². The Balaban J connectivity index is 1.63. The molecular formula is C18H22N2O3. The van der Waals surface area contributed by atoms with Gasteiger partial charge in [-0.25, -0.2) is 0 Å². The van der Waals surface area contributed by atoms with Gasteiger partial charge in [-0.05, 0) is 44.1 Å². The summed E-state index contributed by atoms with van der Waals surface area (Å²) in [4.78, 5) is 14.5. The van der Waals surface area contributed by atoms with Gasteiger partial charge in [0.15, 0.2) is 5.76 Å². The Morgan fingerprint density at radius 1 is 1.35 bits per heavy atom. The minimum atomic E-state index is -0.0414. The highest BCUT2D eigenvalue weighted by atomic mass is 16.5. The Hall–Kier alpha value is -2.27. The Bertz CT molecular complexity index is 639. The number of carbonyl (C=O) groups is 1. The molecule has 0 saturated carbocycles. The number of rotatable bonds is 6. The van der Waals surface area contributed by atoms with Crippen molar-refractivity contribution in [1.82, 2.24) is 10.2 Å². The van der Waals surface area contributed by atoms with E-state index in [1.54, 1.807) is 12.3 Å². The molecule has 0 aliphatic carbocycles. The first kappa shape index (κ1) is 15.6. The number of nitrogens with zero attached hydrogens (tertiary/aromatic N) is 1. The molecule has 1 amide bonds. The Morgan fingerprint density at radius 2 is 2.17 bits per heavy atom. The van der Waals surface area contributed by atoms with Gasteiger partial charge in [-0.2, -0.15) is 0 Å². The number of para-hydroxylation sites is 1. The molecule has 5 heteroatoms. The van der Waals surface area contributed by atoms with E-state index in [0.29, 0.717) is 18.3 Å². The van der Waals surface area contributed by atoms with Crippen molar-refractivity contribution < 1.29 is 13.9 Å². The van der Waals surface area contributed by atoms with Gasteiger partial charge in [-0.3, -0.25) is 4.79 Å². The van der Waals surface area contributed by atoms with Crippen molar-refractivity contribution in [2.45, 2.75) is 13.0 Å². The molecule has 1 atom stereocenters. The van der Waals surface area contributed by atoms with Crippen LogP contribution in [0.4, 0.5) is 0 Å². The van der Waals surface area contributed by atoms with Crippen molar-refractivity contribution in [1.29, 1.82) is 0 Å². The van der Waals surface area contributed by atoms with Gasteiger partial charge in [-0.15, -0.1) is 0 Å². The summed E-state index contributed by atoms with van der Waals surface area (Å²) in [6, 6.07) is 11.4. The zero-order valence-electron chi connectivity index (χ0n) is 13.3. The van der Waals surface area contributed by atoms with E-state index in [1.165, 1.54) is 0 Å². The second-order valence-electron chi connectivity index (χ2n) is 5.84. The monoisotopic (exact) mass is 314 g/mol. The molecule has 1 aliphatic heterocycles. The molecule has 1 N–H and O–H groups in total. The van der Waals surface area contributed by atoms with Crippen molar-refractivity contribution in [3.05, 3.63) is 54.0 Å². The number of hydrogen-bond acceptors (Lipinski definition) is 4. The smallest absolute Gasteiger partial charge is 0.289 e. The van der Waals surface area contributed by atoms with E-state index in [0.717, 1.165) is 37.4 Å². The van der Waals surface area contributed by atoms with Crippen LogP contribution in [0.3, 0.4) is 0 Å². The molecule has 2 aromatic rings. The molecule has 1 aromatic heterocycles. The van der Waals surface area contributed by atoms with Crippen LogP contribution in [0.5, 0.6) is 5.75 Å². The molecule has 5 nitrogen and oxygen atoms in total. The first-order chi connectivity index (χ1) is 11.3. The highest BCUT2D eigenvalue weighted by molar-refractivity contribution is 5.93. The Morgan fingerprint density at radius 3 is 2.96 bits per heavy atom. The molecule has 1 aliphatic rings. The summed E-state index contributed by atoms with van der Waals surface area (Å²) in [6.45, 7) is 2.82. The standard InChI is InChI=1S/C18H22N2O3/c1-19-11-14-7-9-20(12-14)18(21)17-15(8-10-22-17)13-23-16-5-3-2-4-6-16/h2-6,8,10,14,19H,7,9,11-13H2,1H3. The third-order valence-electron chi connectivity index (χ3n) is 4.14. The van der Waals surface area contributed by atoms with Gasteiger partial charge in [0, 0.05) is 18.7 Å². The van der Waals surface area contributed by atoms with E-state index >= 15 is 0 Å². The summed E-state index contributed by atoms with van der Waals surface area (Å²) in [6.07, 6.45) is 2.58. The lowest BCUT2D eigenvalue weighted by Crippen LogP contribution is -2.30. The molecule has 122 valence electrons. The molecule has 1 aromatic carbocycles. The summed E-state index contributed by atoms with van der Waals surface area (Å²) in [5, 5.41) is 3.17.